The molecule has 3 aromatic rings. The van der Waals surface area contributed by atoms with Gasteiger partial charge in [-0.15, -0.1) is 0 Å². The van der Waals surface area contributed by atoms with E-state index < -0.39 is 17.9 Å². The number of hydrogen-bond acceptors (Lipinski definition) is 7. The fourth-order valence-corrected chi connectivity index (χ4v) is 3.75. The average Bonchev–Trinajstić information content (AvgIpc) is 2.95. The number of unbranched alkanes of at least 4 members (excludes halogenated alkanes) is 3. The zero-order chi connectivity index (χ0) is 28.0. The summed E-state index contributed by atoms with van der Waals surface area (Å²) in [6, 6.07) is 18.5. The largest absolute Gasteiger partial charge is 0.490 e. The second kappa shape index (κ2) is 15.0. The van der Waals surface area contributed by atoms with Crippen LogP contribution in [0.15, 0.2) is 79.4 Å². The van der Waals surface area contributed by atoms with Gasteiger partial charge in [-0.1, -0.05) is 36.9 Å². The van der Waals surface area contributed by atoms with Crippen LogP contribution in [0.5, 0.6) is 17.2 Å². The number of ether oxygens (including phenoxy) is 4. The number of carboxylic acids is 1. The van der Waals surface area contributed by atoms with E-state index in [9.17, 15) is 19.5 Å². The van der Waals surface area contributed by atoms with E-state index in [1.54, 1.807) is 24.3 Å². The lowest BCUT2D eigenvalue weighted by atomic mass is 10.0. The van der Waals surface area contributed by atoms with E-state index in [1.165, 1.54) is 12.1 Å². The highest BCUT2D eigenvalue weighted by molar-refractivity contribution is 5.94. The normalized spacial score (nSPS) is 10.4. The van der Waals surface area contributed by atoms with Crippen LogP contribution in [0.25, 0.3) is 11.1 Å². The number of carbonyl (C=O) groups is 3. The summed E-state index contributed by atoms with van der Waals surface area (Å²) in [6.07, 6.45) is 4.51. The first-order valence-electron chi connectivity index (χ1n) is 12.8. The van der Waals surface area contributed by atoms with E-state index in [2.05, 4.69) is 6.58 Å². The number of benzene rings is 3. The molecule has 39 heavy (non-hydrogen) atoms. The fraction of sp³-hybridized carbons (Fsp3) is 0.258. The van der Waals surface area contributed by atoms with Gasteiger partial charge in [-0.2, -0.15) is 0 Å². The molecule has 3 rings (SSSR count). The maximum atomic E-state index is 13.1. The molecule has 0 aliphatic carbocycles. The molecular weight excluding hydrogens is 500 g/mol. The highest BCUT2D eigenvalue weighted by atomic mass is 16.5. The maximum Gasteiger partial charge on any atom is 0.343 e. The molecule has 204 valence electrons. The van der Waals surface area contributed by atoms with Gasteiger partial charge in [0.2, 0.25) is 0 Å². The van der Waals surface area contributed by atoms with Gasteiger partial charge in [-0.25, -0.2) is 14.4 Å². The van der Waals surface area contributed by atoms with E-state index >= 15 is 0 Å². The molecular formula is C31H32O8. The van der Waals surface area contributed by atoms with E-state index in [0.29, 0.717) is 36.9 Å². The SMILES string of the molecule is C=CC(=O)OCCCCCCOc1ccc(C(=O)Oc2cc(C(=O)O)ccc2-c2ccccc2)cc1OCC. The lowest BCUT2D eigenvalue weighted by Crippen LogP contribution is -2.11. The first-order valence-corrected chi connectivity index (χ1v) is 12.8. The van der Waals surface area contributed by atoms with Crippen LogP contribution >= 0.6 is 0 Å². The van der Waals surface area contributed by atoms with Crippen LogP contribution in [-0.2, 0) is 9.53 Å². The molecule has 0 atom stereocenters. The van der Waals surface area contributed by atoms with Crippen molar-refractivity contribution >= 4 is 17.9 Å². The first kappa shape index (κ1) is 29.0. The van der Waals surface area contributed by atoms with Crippen molar-refractivity contribution in [3.63, 3.8) is 0 Å². The average molecular weight is 533 g/mol. The van der Waals surface area contributed by atoms with Gasteiger partial charge in [0, 0.05) is 11.6 Å². The molecule has 8 nitrogen and oxygen atoms in total. The highest BCUT2D eigenvalue weighted by Gasteiger charge is 2.18. The van der Waals surface area contributed by atoms with Crippen molar-refractivity contribution in [2.24, 2.45) is 0 Å². The van der Waals surface area contributed by atoms with Crippen LogP contribution in [0.1, 0.15) is 53.3 Å². The van der Waals surface area contributed by atoms with Crippen LogP contribution < -0.4 is 14.2 Å². The van der Waals surface area contributed by atoms with Crippen molar-refractivity contribution in [3.8, 4) is 28.4 Å². The van der Waals surface area contributed by atoms with Gasteiger partial charge in [0.25, 0.3) is 0 Å². The van der Waals surface area contributed by atoms with Crippen molar-refractivity contribution in [3.05, 3.63) is 90.5 Å². The smallest absolute Gasteiger partial charge is 0.343 e. The molecule has 0 heterocycles. The van der Waals surface area contributed by atoms with Gasteiger partial charge in [0.15, 0.2) is 11.5 Å². The standard InChI is InChI=1S/C31H32O8/c1-3-29(32)38-19-11-6-5-10-18-37-26-17-15-24(21-28(26)36-4-2)31(35)39-27-20-23(30(33)34)14-16-25(27)22-12-8-7-9-13-22/h3,7-9,12-17,20-21H,1,4-6,10-11,18-19H2,2H3,(H,33,34). The van der Waals surface area contributed by atoms with Crippen LogP contribution in [0.2, 0.25) is 0 Å². The molecule has 0 aliphatic heterocycles. The zero-order valence-corrected chi connectivity index (χ0v) is 21.9. The Morgan fingerprint density at radius 1 is 0.795 bits per heavy atom. The van der Waals surface area contributed by atoms with Crippen LogP contribution in [0, 0.1) is 0 Å². The predicted octanol–water partition coefficient (Wildman–Crippen LogP) is 6.34. The van der Waals surface area contributed by atoms with Gasteiger partial charge < -0.3 is 24.1 Å². The van der Waals surface area contributed by atoms with Crippen molar-refractivity contribution in [1.82, 2.24) is 0 Å². The quantitative estimate of drug-likeness (QED) is 0.105. The van der Waals surface area contributed by atoms with E-state index in [4.69, 9.17) is 18.9 Å². The minimum absolute atomic E-state index is 0.00835. The highest BCUT2D eigenvalue weighted by Crippen LogP contribution is 2.33. The summed E-state index contributed by atoms with van der Waals surface area (Å²) in [5.74, 6) is -1.14. The first-order chi connectivity index (χ1) is 18.9. The van der Waals surface area contributed by atoms with E-state index in [1.807, 2.05) is 37.3 Å². The molecule has 0 saturated heterocycles. The van der Waals surface area contributed by atoms with Gasteiger partial charge in [-0.05, 0) is 74.6 Å². The summed E-state index contributed by atoms with van der Waals surface area (Å²) in [5.41, 5.74) is 1.63. The summed E-state index contributed by atoms with van der Waals surface area (Å²) >= 11 is 0. The number of carboxylic acid groups (broad SMARTS) is 1. The molecule has 8 heteroatoms. The Morgan fingerprint density at radius 2 is 1.49 bits per heavy atom. The minimum atomic E-state index is -1.12. The molecule has 0 saturated carbocycles. The summed E-state index contributed by atoms with van der Waals surface area (Å²) in [5, 5.41) is 9.43. The molecule has 0 aromatic heterocycles. The molecule has 3 aromatic carbocycles. The Labute approximate surface area is 227 Å². The molecule has 0 bridgehead atoms. The molecule has 0 unspecified atom stereocenters. The summed E-state index contributed by atoms with van der Waals surface area (Å²) < 4.78 is 22.2. The molecule has 0 radical (unpaired) electrons. The zero-order valence-electron chi connectivity index (χ0n) is 21.9. The number of aromatic carboxylic acids is 1. The van der Waals surface area contributed by atoms with Crippen LogP contribution in [-0.4, -0.2) is 42.8 Å². The van der Waals surface area contributed by atoms with Crippen LogP contribution in [0.3, 0.4) is 0 Å². The lowest BCUT2D eigenvalue weighted by molar-refractivity contribution is -0.137. The van der Waals surface area contributed by atoms with Gasteiger partial charge in [0.05, 0.1) is 30.9 Å². The van der Waals surface area contributed by atoms with Gasteiger partial charge in [-0.3, -0.25) is 0 Å². The van der Waals surface area contributed by atoms with E-state index in [0.717, 1.165) is 37.3 Å². The Morgan fingerprint density at radius 3 is 2.18 bits per heavy atom. The van der Waals surface area contributed by atoms with Crippen molar-refractivity contribution in [1.29, 1.82) is 0 Å². The number of rotatable bonds is 15. The van der Waals surface area contributed by atoms with Crippen LogP contribution in [0.4, 0.5) is 0 Å². The summed E-state index contributed by atoms with van der Waals surface area (Å²) in [7, 11) is 0. The third-order valence-corrected chi connectivity index (χ3v) is 5.70. The lowest BCUT2D eigenvalue weighted by Gasteiger charge is -2.14. The second-order valence-electron chi connectivity index (χ2n) is 8.50. The van der Waals surface area contributed by atoms with Gasteiger partial charge >= 0.3 is 17.9 Å². The van der Waals surface area contributed by atoms with Crippen molar-refractivity contribution in [2.45, 2.75) is 32.6 Å². The maximum absolute atomic E-state index is 13.1. The molecule has 0 amide bonds. The summed E-state index contributed by atoms with van der Waals surface area (Å²) in [4.78, 5) is 35.7. The molecule has 0 fully saturated rings. The Hall–Kier alpha value is -4.59. The summed E-state index contributed by atoms with van der Waals surface area (Å²) in [6.45, 7) is 6.39. The van der Waals surface area contributed by atoms with Gasteiger partial charge in [0.1, 0.15) is 5.75 Å². The van der Waals surface area contributed by atoms with Crippen molar-refractivity contribution in [2.75, 3.05) is 19.8 Å². The number of hydrogen-bond donors (Lipinski definition) is 1. The Kier molecular flexibility index (Phi) is 11.1. The Balaban J connectivity index is 1.65. The Bertz CT molecular complexity index is 1280. The fourth-order valence-electron chi connectivity index (χ4n) is 3.75. The topological polar surface area (TPSA) is 108 Å². The second-order valence-corrected chi connectivity index (χ2v) is 8.50. The third kappa shape index (κ3) is 8.74. The molecule has 1 N–H and O–H groups in total. The monoisotopic (exact) mass is 532 g/mol. The number of carbonyl (C=O) groups excluding carboxylic acids is 2. The predicted molar refractivity (Wildman–Crippen MR) is 147 cm³/mol. The number of esters is 2. The molecule has 0 aliphatic rings. The third-order valence-electron chi connectivity index (χ3n) is 5.70. The molecule has 0 spiro atoms. The van der Waals surface area contributed by atoms with E-state index in [-0.39, 0.29) is 16.9 Å². The van der Waals surface area contributed by atoms with Crippen molar-refractivity contribution < 1.29 is 38.4 Å². The minimum Gasteiger partial charge on any atom is -0.490 e.